The van der Waals surface area contributed by atoms with Gasteiger partial charge in [0, 0.05) is 9.79 Å². The predicted octanol–water partition coefficient (Wildman–Crippen LogP) is 6.29. The highest BCUT2D eigenvalue weighted by Gasteiger charge is 2.12. The lowest BCUT2D eigenvalue weighted by atomic mass is 10.0. The molecule has 0 fully saturated rings. The first kappa shape index (κ1) is 20.0. The van der Waals surface area contributed by atoms with Crippen molar-refractivity contribution in [1.29, 1.82) is 0 Å². The highest BCUT2D eigenvalue weighted by molar-refractivity contribution is 7.99. The van der Waals surface area contributed by atoms with Crippen LogP contribution in [-0.4, -0.2) is 12.5 Å². The molecule has 0 bridgehead atoms. The highest BCUT2D eigenvalue weighted by atomic mass is 32.2. The molecule has 0 saturated heterocycles. The topological polar surface area (TPSA) is 38.3 Å². The van der Waals surface area contributed by atoms with Gasteiger partial charge in [-0.2, -0.15) is 0 Å². The molecule has 0 atom stereocenters. The fourth-order valence-electron chi connectivity index (χ4n) is 2.85. The number of nitrogens with one attached hydrogen (secondary N) is 1. The molecule has 144 valence electrons. The number of aryl methyl sites for hydroxylation is 1. The van der Waals surface area contributed by atoms with Crippen LogP contribution in [0.3, 0.4) is 0 Å². The van der Waals surface area contributed by atoms with Gasteiger partial charge in [0.25, 0.3) is 5.91 Å². The van der Waals surface area contributed by atoms with Crippen LogP contribution in [0.5, 0.6) is 5.75 Å². The molecule has 0 radical (unpaired) electrons. The van der Waals surface area contributed by atoms with Gasteiger partial charge in [0.15, 0.2) is 6.61 Å². The average Bonchev–Trinajstić information content (AvgIpc) is 2.68. The maximum absolute atomic E-state index is 12.5. The van der Waals surface area contributed by atoms with Crippen LogP contribution >= 0.6 is 11.8 Å². The zero-order valence-corrected chi connectivity index (χ0v) is 17.3. The van der Waals surface area contributed by atoms with E-state index in [0.29, 0.717) is 5.92 Å². The monoisotopic (exact) mass is 391 g/mol. The second kappa shape index (κ2) is 9.47. The first-order valence-corrected chi connectivity index (χ1v) is 10.2. The van der Waals surface area contributed by atoms with E-state index in [-0.39, 0.29) is 12.5 Å². The lowest BCUT2D eigenvalue weighted by Gasteiger charge is -2.15. The van der Waals surface area contributed by atoms with Crippen LogP contribution in [0.2, 0.25) is 0 Å². The number of ether oxygens (including phenoxy) is 1. The van der Waals surface area contributed by atoms with Gasteiger partial charge < -0.3 is 10.1 Å². The molecule has 3 aromatic carbocycles. The Morgan fingerprint density at radius 3 is 2.46 bits per heavy atom. The maximum Gasteiger partial charge on any atom is 0.262 e. The second-order valence-electron chi connectivity index (χ2n) is 6.94. The van der Waals surface area contributed by atoms with Crippen molar-refractivity contribution in [2.45, 2.75) is 36.5 Å². The molecule has 1 N–H and O–H groups in total. The Kier molecular flexibility index (Phi) is 6.77. The molecule has 0 spiro atoms. The zero-order chi connectivity index (χ0) is 19.9. The lowest BCUT2D eigenvalue weighted by molar-refractivity contribution is -0.118. The Morgan fingerprint density at radius 1 is 1.00 bits per heavy atom. The minimum absolute atomic E-state index is 0.0203. The van der Waals surface area contributed by atoms with Crippen molar-refractivity contribution in [3.63, 3.8) is 0 Å². The molecule has 0 aromatic heterocycles. The van der Waals surface area contributed by atoms with E-state index in [1.165, 1.54) is 0 Å². The summed E-state index contributed by atoms with van der Waals surface area (Å²) in [6.07, 6.45) is 0. The fourth-order valence-corrected chi connectivity index (χ4v) is 3.77. The summed E-state index contributed by atoms with van der Waals surface area (Å²) < 4.78 is 5.85. The van der Waals surface area contributed by atoms with Crippen LogP contribution in [0.1, 0.15) is 30.9 Å². The van der Waals surface area contributed by atoms with Gasteiger partial charge in [0.2, 0.25) is 0 Å². The standard InChI is InChI=1S/C24H25NO2S/c1-17(2)20-14-13-18(3)15-22(20)27-16-24(26)25-21-11-7-8-12-23(21)28-19-9-5-4-6-10-19/h4-15,17H,16H2,1-3H3,(H,25,26). The summed E-state index contributed by atoms with van der Waals surface area (Å²) in [7, 11) is 0. The third-order valence-electron chi connectivity index (χ3n) is 4.28. The summed E-state index contributed by atoms with van der Waals surface area (Å²) >= 11 is 1.62. The van der Waals surface area contributed by atoms with E-state index >= 15 is 0 Å². The molecule has 0 unspecified atom stereocenters. The second-order valence-corrected chi connectivity index (χ2v) is 8.06. The number of para-hydroxylation sites is 1. The molecule has 0 saturated carbocycles. The molecular weight excluding hydrogens is 366 g/mol. The number of hydrogen-bond acceptors (Lipinski definition) is 3. The molecular formula is C24H25NO2S. The van der Waals surface area contributed by atoms with Gasteiger partial charge in [-0.25, -0.2) is 0 Å². The van der Waals surface area contributed by atoms with Gasteiger partial charge in [-0.1, -0.05) is 68.1 Å². The van der Waals surface area contributed by atoms with Crippen molar-refractivity contribution in [3.8, 4) is 5.75 Å². The zero-order valence-electron chi connectivity index (χ0n) is 16.4. The summed E-state index contributed by atoms with van der Waals surface area (Å²) in [5, 5.41) is 2.98. The van der Waals surface area contributed by atoms with Crippen molar-refractivity contribution < 1.29 is 9.53 Å². The first-order valence-electron chi connectivity index (χ1n) is 9.38. The Labute approximate surface area is 171 Å². The molecule has 28 heavy (non-hydrogen) atoms. The number of hydrogen-bond donors (Lipinski definition) is 1. The van der Waals surface area contributed by atoms with Gasteiger partial charge in [-0.15, -0.1) is 0 Å². The van der Waals surface area contributed by atoms with Crippen molar-refractivity contribution in [2.24, 2.45) is 0 Å². The summed E-state index contributed by atoms with van der Waals surface area (Å²) in [6.45, 7) is 6.24. The van der Waals surface area contributed by atoms with Crippen molar-refractivity contribution in [1.82, 2.24) is 0 Å². The van der Waals surface area contributed by atoms with E-state index in [2.05, 4.69) is 43.4 Å². The minimum atomic E-state index is -0.169. The SMILES string of the molecule is Cc1ccc(C(C)C)c(OCC(=O)Nc2ccccc2Sc2ccccc2)c1. The third-order valence-corrected chi connectivity index (χ3v) is 5.37. The first-order chi connectivity index (χ1) is 13.5. The minimum Gasteiger partial charge on any atom is -0.483 e. The molecule has 3 nitrogen and oxygen atoms in total. The fraction of sp³-hybridized carbons (Fsp3) is 0.208. The van der Waals surface area contributed by atoms with Gasteiger partial charge >= 0.3 is 0 Å². The largest absolute Gasteiger partial charge is 0.483 e. The Bertz CT molecular complexity index is 938. The van der Waals surface area contributed by atoms with E-state index in [1.54, 1.807) is 11.8 Å². The van der Waals surface area contributed by atoms with Crippen LogP contribution in [0.25, 0.3) is 0 Å². The maximum atomic E-state index is 12.5. The van der Waals surface area contributed by atoms with E-state index in [9.17, 15) is 4.79 Å². The van der Waals surface area contributed by atoms with Gasteiger partial charge in [0.05, 0.1) is 5.69 Å². The number of carbonyl (C=O) groups is 1. The number of anilines is 1. The van der Waals surface area contributed by atoms with Gasteiger partial charge in [-0.05, 0) is 54.3 Å². The number of rotatable bonds is 7. The Morgan fingerprint density at radius 2 is 1.71 bits per heavy atom. The number of benzene rings is 3. The Hall–Kier alpha value is -2.72. The van der Waals surface area contributed by atoms with Crippen LogP contribution < -0.4 is 10.1 Å². The number of carbonyl (C=O) groups excluding carboxylic acids is 1. The molecule has 0 aliphatic heterocycles. The molecule has 3 aromatic rings. The molecule has 0 heterocycles. The molecule has 4 heteroatoms. The molecule has 0 aliphatic rings. The summed E-state index contributed by atoms with van der Waals surface area (Å²) in [4.78, 5) is 14.6. The van der Waals surface area contributed by atoms with Crippen molar-refractivity contribution in [3.05, 3.63) is 83.9 Å². The smallest absolute Gasteiger partial charge is 0.262 e. The third kappa shape index (κ3) is 5.40. The highest BCUT2D eigenvalue weighted by Crippen LogP contribution is 2.33. The lowest BCUT2D eigenvalue weighted by Crippen LogP contribution is -2.21. The summed E-state index contributed by atoms with van der Waals surface area (Å²) in [5.41, 5.74) is 3.01. The van der Waals surface area contributed by atoms with Crippen LogP contribution in [0, 0.1) is 6.92 Å². The molecule has 1 amide bonds. The van der Waals surface area contributed by atoms with Crippen LogP contribution in [0.15, 0.2) is 82.6 Å². The van der Waals surface area contributed by atoms with Crippen molar-refractivity contribution in [2.75, 3.05) is 11.9 Å². The van der Waals surface area contributed by atoms with Crippen molar-refractivity contribution >= 4 is 23.4 Å². The van der Waals surface area contributed by atoms with E-state index in [0.717, 1.165) is 32.4 Å². The number of amides is 1. The summed E-state index contributed by atoms with van der Waals surface area (Å²) in [5.74, 6) is 0.941. The average molecular weight is 392 g/mol. The molecule has 3 rings (SSSR count). The van der Waals surface area contributed by atoms with Crippen LogP contribution in [0.4, 0.5) is 5.69 Å². The predicted molar refractivity (Wildman–Crippen MR) is 116 cm³/mol. The Balaban J connectivity index is 1.67. The van der Waals surface area contributed by atoms with Crippen LogP contribution in [-0.2, 0) is 4.79 Å². The van der Waals surface area contributed by atoms with Gasteiger partial charge in [0.1, 0.15) is 5.75 Å². The normalized spacial score (nSPS) is 10.7. The van der Waals surface area contributed by atoms with E-state index in [4.69, 9.17) is 4.74 Å². The van der Waals surface area contributed by atoms with Gasteiger partial charge in [-0.3, -0.25) is 4.79 Å². The van der Waals surface area contributed by atoms with E-state index in [1.807, 2.05) is 55.5 Å². The quantitative estimate of drug-likeness (QED) is 0.514. The summed E-state index contributed by atoms with van der Waals surface area (Å²) in [6, 6.07) is 24.0. The van der Waals surface area contributed by atoms with E-state index < -0.39 is 0 Å². The molecule has 0 aliphatic carbocycles.